The summed E-state index contributed by atoms with van der Waals surface area (Å²) in [5.41, 5.74) is 3.34. The zero-order valence-electron chi connectivity index (χ0n) is 13.4. The van der Waals surface area contributed by atoms with Gasteiger partial charge in [-0.15, -0.1) is 0 Å². The number of amides is 1. The van der Waals surface area contributed by atoms with Crippen LogP contribution in [0.4, 0.5) is 13.2 Å². The van der Waals surface area contributed by atoms with Crippen LogP contribution in [-0.2, 0) is 6.54 Å². The lowest BCUT2D eigenvalue weighted by Gasteiger charge is -2.11. The lowest BCUT2D eigenvalue weighted by Crippen LogP contribution is -2.23. The molecule has 0 radical (unpaired) electrons. The molecule has 1 N–H and O–H groups in total. The number of benzene rings is 2. The Morgan fingerprint density at radius 1 is 1.08 bits per heavy atom. The van der Waals surface area contributed by atoms with Crippen LogP contribution in [0.1, 0.15) is 27.0 Å². The van der Waals surface area contributed by atoms with E-state index in [1.165, 1.54) is 12.1 Å². The van der Waals surface area contributed by atoms with E-state index in [0.29, 0.717) is 5.56 Å². The molecule has 0 atom stereocenters. The fourth-order valence-electron chi connectivity index (χ4n) is 2.14. The monoisotopic (exact) mass is 337 g/mol. The average molecular weight is 337 g/mol. The number of aryl methyl sites for hydroxylation is 1. The molecule has 2 rings (SSSR count). The summed E-state index contributed by atoms with van der Waals surface area (Å²) in [7, 11) is 0. The van der Waals surface area contributed by atoms with E-state index in [0.717, 1.165) is 16.7 Å². The molecule has 6 heteroatoms. The van der Waals surface area contributed by atoms with Gasteiger partial charge in [0.05, 0.1) is 0 Å². The molecule has 24 heavy (non-hydrogen) atoms. The maximum atomic E-state index is 12.2. The Bertz CT molecular complexity index is 709. The van der Waals surface area contributed by atoms with E-state index in [9.17, 15) is 18.0 Å². The van der Waals surface area contributed by atoms with Crippen molar-refractivity contribution in [1.82, 2.24) is 5.32 Å². The van der Waals surface area contributed by atoms with Crippen LogP contribution in [0.15, 0.2) is 42.5 Å². The third kappa shape index (κ3) is 5.01. The number of hydrogen-bond acceptors (Lipinski definition) is 2. The van der Waals surface area contributed by atoms with Crippen molar-refractivity contribution in [3.8, 4) is 5.75 Å². The Hall–Kier alpha value is -2.50. The van der Waals surface area contributed by atoms with Crippen molar-refractivity contribution >= 4 is 5.91 Å². The molecule has 0 aromatic heterocycles. The Morgan fingerprint density at radius 2 is 1.75 bits per heavy atom. The van der Waals surface area contributed by atoms with E-state index in [1.54, 1.807) is 18.2 Å². The highest BCUT2D eigenvalue weighted by atomic mass is 19.4. The molecular weight excluding hydrogens is 319 g/mol. The van der Waals surface area contributed by atoms with Gasteiger partial charge < -0.3 is 10.1 Å². The van der Waals surface area contributed by atoms with Gasteiger partial charge in [-0.1, -0.05) is 24.3 Å². The predicted octanol–water partition coefficient (Wildman–Crippen LogP) is 4.17. The van der Waals surface area contributed by atoms with E-state index < -0.39 is 12.8 Å². The molecule has 128 valence electrons. The smallest absolute Gasteiger partial charge is 0.422 e. The Kier molecular flexibility index (Phi) is 5.49. The highest BCUT2D eigenvalue weighted by Crippen LogP contribution is 2.19. The summed E-state index contributed by atoms with van der Waals surface area (Å²) in [6.07, 6.45) is -4.36. The number of nitrogens with one attached hydrogen (secondary N) is 1. The molecule has 0 saturated carbocycles. The van der Waals surface area contributed by atoms with Crippen LogP contribution in [0.3, 0.4) is 0 Å². The number of hydrogen-bond donors (Lipinski definition) is 1. The first-order valence-electron chi connectivity index (χ1n) is 7.39. The number of carbonyl (C=O) groups is 1. The molecule has 0 spiro atoms. The minimum absolute atomic E-state index is 0.136. The predicted molar refractivity (Wildman–Crippen MR) is 85.1 cm³/mol. The minimum Gasteiger partial charge on any atom is -0.484 e. The first kappa shape index (κ1) is 17.8. The number of rotatable bonds is 5. The topological polar surface area (TPSA) is 38.3 Å². The molecule has 0 fully saturated rings. The van der Waals surface area contributed by atoms with Crippen molar-refractivity contribution < 1.29 is 22.7 Å². The minimum atomic E-state index is -4.36. The summed E-state index contributed by atoms with van der Waals surface area (Å²) in [6, 6.07) is 11.7. The number of alkyl halides is 3. The van der Waals surface area contributed by atoms with Crippen LogP contribution in [0.2, 0.25) is 0 Å². The molecule has 3 nitrogen and oxygen atoms in total. The van der Waals surface area contributed by atoms with Crippen molar-refractivity contribution in [1.29, 1.82) is 0 Å². The Morgan fingerprint density at radius 3 is 2.38 bits per heavy atom. The molecule has 0 aliphatic rings. The van der Waals surface area contributed by atoms with E-state index in [-0.39, 0.29) is 18.2 Å². The second-order valence-corrected chi connectivity index (χ2v) is 5.48. The zero-order valence-corrected chi connectivity index (χ0v) is 13.4. The third-order valence-electron chi connectivity index (χ3n) is 3.63. The summed E-state index contributed by atoms with van der Waals surface area (Å²) in [5, 5.41) is 2.80. The summed E-state index contributed by atoms with van der Waals surface area (Å²) in [5.74, 6) is -0.0504. The van der Waals surface area contributed by atoms with Crippen molar-refractivity contribution in [3.05, 3.63) is 64.7 Å². The molecule has 0 aliphatic carbocycles. The molecule has 0 heterocycles. The van der Waals surface area contributed by atoms with Gasteiger partial charge in [-0.05, 0) is 48.7 Å². The van der Waals surface area contributed by atoms with E-state index in [1.807, 2.05) is 26.0 Å². The van der Waals surface area contributed by atoms with Crippen molar-refractivity contribution in [3.63, 3.8) is 0 Å². The molecule has 0 unspecified atom stereocenters. The molecule has 1 amide bonds. The summed E-state index contributed by atoms with van der Waals surface area (Å²) < 4.78 is 40.9. The summed E-state index contributed by atoms with van der Waals surface area (Å²) in [6.45, 7) is 2.78. The van der Waals surface area contributed by atoms with Gasteiger partial charge in [0.1, 0.15) is 5.75 Å². The zero-order chi connectivity index (χ0) is 17.7. The molecular formula is C18H18F3NO2. The van der Waals surface area contributed by atoms with Gasteiger partial charge in [-0.3, -0.25) is 4.79 Å². The van der Waals surface area contributed by atoms with Crippen LogP contribution in [0, 0.1) is 13.8 Å². The van der Waals surface area contributed by atoms with Gasteiger partial charge >= 0.3 is 6.18 Å². The van der Waals surface area contributed by atoms with Crippen molar-refractivity contribution in [2.24, 2.45) is 0 Å². The van der Waals surface area contributed by atoms with E-state index in [2.05, 4.69) is 10.1 Å². The molecule has 0 bridgehead atoms. The van der Waals surface area contributed by atoms with Crippen LogP contribution in [0.25, 0.3) is 0 Å². The van der Waals surface area contributed by atoms with Crippen LogP contribution in [-0.4, -0.2) is 18.7 Å². The molecule has 2 aromatic rings. The van der Waals surface area contributed by atoms with E-state index in [4.69, 9.17) is 0 Å². The largest absolute Gasteiger partial charge is 0.484 e. The standard InChI is InChI=1S/C18H18F3NO2/c1-12-4-3-5-16(13(12)2)17(23)22-10-14-6-8-15(9-7-14)24-11-18(19,20)21/h3-9H,10-11H2,1-2H3,(H,22,23). The highest BCUT2D eigenvalue weighted by Gasteiger charge is 2.28. The highest BCUT2D eigenvalue weighted by molar-refractivity contribution is 5.95. The van der Waals surface area contributed by atoms with Gasteiger partial charge in [0.25, 0.3) is 5.91 Å². The first-order chi connectivity index (χ1) is 11.3. The Labute approximate surface area is 138 Å². The average Bonchev–Trinajstić information content (AvgIpc) is 2.53. The third-order valence-corrected chi connectivity index (χ3v) is 3.63. The van der Waals surface area contributed by atoms with Crippen LogP contribution < -0.4 is 10.1 Å². The van der Waals surface area contributed by atoms with Crippen LogP contribution >= 0.6 is 0 Å². The SMILES string of the molecule is Cc1cccc(C(=O)NCc2ccc(OCC(F)(F)F)cc2)c1C. The van der Waals surface area contributed by atoms with E-state index >= 15 is 0 Å². The van der Waals surface area contributed by atoms with Gasteiger partial charge in [0.2, 0.25) is 0 Å². The maximum absolute atomic E-state index is 12.2. The molecule has 2 aromatic carbocycles. The normalized spacial score (nSPS) is 11.2. The number of ether oxygens (including phenoxy) is 1. The fraction of sp³-hybridized carbons (Fsp3) is 0.278. The van der Waals surface area contributed by atoms with Gasteiger partial charge in [0, 0.05) is 12.1 Å². The lowest BCUT2D eigenvalue weighted by atomic mass is 10.0. The number of halogens is 3. The van der Waals surface area contributed by atoms with Gasteiger partial charge in [-0.2, -0.15) is 13.2 Å². The Balaban J connectivity index is 1.92. The fourth-order valence-corrected chi connectivity index (χ4v) is 2.14. The maximum Gasteiger partial charge on any atom is 0.422 e. The van der Waals surface area contributed by atoms with Crippen molar-refractivity contribution in [2.75, 3.05) is 6.61 Å². The summed E-state index contributed by atoms with van der Waals surface area (Å²) >= 11 is 0. The van der Waals surface area contributed by atoms with Gasteiger partial charge in [0.15, 0.2) is 6.61 Å². The second-order valence-electron chi connectivity index (χ2n) is 5.48. The summed E-state index contributed by atoms with van der Waals surface area (Å²) in [4.78, 5) is 12.2. The van der Waals surface area contributed by atoms with Gasteiger partial charge in [-0.25, -0.2) is 0 Å². The number of carbonyl (C=O) groups excluding carboxylic acids is 1. The van der Waals surface area contributed by atoms with Crippen LogP contribution in [0.5, 0.6) is 5.75 Å². The molecule has 0 aliphatic heterocycles. The van der Waals surface area contributed by atoms with Crippen molar-refractivity contribution in [2.45, 2.75) is 26.6 Å². The first-order valence-corrected chi connectivity index (χ1v) is 7.39. The second kappa shape index (κ2) is 7.38. The quantitative estimate of drug-likeness (QED) is 0.889. The molecule has 0 saturated heterocycles. The lowest BCUT2D eigenvalue weighted by molar-refractivity contribution is -0.153.